The fourth-order valence-corrected chi connectivity index (χ4v) is 2.64. The summed E-state index contributed by atoms with van der Waals surface area (Å²) in [6.07, 6.45) is 5.11. The highest BCUT2D eigenvalue weighted by molar-refractivity contribution is 5.25. The van der Waals surface area contributed by atoms with E-state index < -0.39 is 0 Å². The van der Waals surface area contributed by atoms with E-state index in [1.165, 1.54) is 25.3 Å². The maximum Gasteiger partial charge on any atom is 0.123 e. The van der Waals surface area contributed by atoms with Crippen LogP contribution in [0.3, 0.4) is 0 Å². The molecule has 0 spiro atoms. The molecular weight excluding hydrogens is 229 g/mol. The lowest BCUT2D eigenvalue weighted by Gasteiger charge is -2.31. The molecule has 1 aromatic carbocycles. The number of nitrogens with one attached hydrogen (secondary N) is 1. The Morgan fingerprint density at radius 1 is 1.33 bits per heavy atom. The van der Waals surface area contributed by atoms with E-state index in [0.717, 1.165) is 17.5 Å². The van der Waals surface area contributed by atoms with Gasteiger partial charge in [0.15, 0.2) is 0 Å². The summed E-state index contributed by atoms with van der Waals surface area (Å²) in [5, 5.41) is 3.33. The molecule has 0 saturated heterocycles. The maximum atomic E-state index is 13.0. The van der Waals surface area contributed by atoms with E-state index >= 15 is 0 Å². The highest BCUT2D eigenvalue weighted by atomic mass is 19.1. The topological polar surface area (TPSA) is 21.3 Å². The summed E-state index contributed by atoms with van der Waals surface area (Å²) in [6, 6.07) is 5.35. The molecule has 2 unspecified atom stereocenters. The van der Waals surface area contributed by atoms with Crippen LogP contribution in [-0.2, 0) is 11.3 Å². The van der Waals surface area contributed by atoms with Crippen molar-refractivity contribution in [2.75, 3.05) is 7.05 Å². The minimum Gasteiger partial charge on any atom is -0.372 e. The smallest absolute Gasteiger partial charge is 0.123 e. The highest BCUT2D eigenvalue weighted by Gasteiger charge is 2.24. The van der Waals surface area contributed by atoms with Crippen LogP contribution in [0, 0.1) is 12.7 Å². The van der Waals surface area contributed by atoms with Gasteiger partial charge in [-0.3, -0.25) is 0 Å². The van der Waals surface area contributed by atoms with E-state index in [-0.39, 0.29) is 11.9 Å². The monoisotopic (exact) mass is 251 g/mol. The van der Waals surface area contributed by atoms with Crippen LogP contribution in [0.25, 0.3) is 0 Å². The molecule has 1 fully saturated rings. The first-order valence-corrected chi connectivity index (χ1v) is 6.74. The third-order valence-corrected chi connectivity index (χ3v) is 3.83. The normalized spacial score (nSPS) is 24.2. The van der Waals surface area contributed by atoms with Crippen molar-refractivity contribution in [1.29, 1.82) is 0 Å². The molecule has 100 valence electrons. The number of hydrogen-bond donors (Lipinski definition) is 1. The average Bonchev–Trinajstić information content (AvgIpc) is 2.38. The second-order valence-electron chi connectivity index (χ2n) is 5.10. The predicted molar refractivity (Wildman–Crippen MR) is 71.0 cm³/mol. The average molecular weight is 251 g/mol. The fraction of sp³-hybridized carbons (Fsp3) is 0.600. The molecule has 2 atom stereocenters. The van der Waals surface area contributed by atoms with E-state index in [2.05, 4.69) is 5.32 Å². The molecule has 1 N–H and O–H groups in total. The van der Waals surface area contributed by atoms with E-state index in [4.69, 9.17) is 4.74 Å². The lowest BCUT2D eigenvalue weighted by atomic mass is 9.92. The van der Waals surface area contributed by atoms with Crippen molar-refractivity contribution in [2.45, 2.75) is 51.4 Å². The molecule has 2 nitrogen and oxygen atoms in total. The Balaban J connectivity index is 1.93. The minimum absolute atomic E-state index is 0.179. The second kappa shape index (κ2) is 6.30. The van der Waals surface area contributed by atoms with Crippen LogP contribution in [0.5, 0.6) is 0 Å². The zero-order valence-electron chi connectivity index (χ0n) is 11.2. The molecule has 1 aromatic rings. The summed E-state index contributed by atoms with van der Waals surface area (Å²) < 4.78 is 19.0. The van der Waals surface area contributed by atoms with Crippen molar-refractivity contribution in [1.82, 2.24) is 5.32 Å². The molecule has 0 aromatic heterocycles. The number of hydrogen-bond acceptors (Lipinski definition) is 2. The van der Waals surface area contributed by atoms with Crippen molar-refractivity contribution in [3.8, 4) is 0 Å². The van der Waals surface area contributed by atoms with E-state index in [9.17, 15) is 4.39 Å². The SMILES string of the molecule is CNC1CCCCC1OCc1ccc(F)cc1C. The van der Waals surface area contributed by atoms with Crippen molar-refractivity contribution in [3.63, 3.8) is 0 Å². The van der Waals surface area contributed by atoms with Gasteiger partial charge in [-0.15, -0.1) is 0 Å². The molecule has 0 aliphatic heterocycles. The van der Waals surface area contributed by atoms with Crippen molar-refractivity contribution in [3.05, 3.63) is 35.1 Å². The molecule has 0 bridgehead atoms. The Morgan fingerprint density at radius 3 is 2.83 bits per heavy atom. The van der Waals surface area contributed by atoms with Gasteiger partial charge in [-0.05, 0) is 50.1 Å². The molecule has 2 rings (SSSR count). The van der Waals surface area contributed by atoms with Crippen LogP contribution < -0.4 is 5.32 Å². The minimum atomic E-state index is -0.179. The summed E-state index contributed by atoms with van der Waals surface area (Å²) in [6.45, 7) is 2.51. The molecule has 1 aliphatic rings. The predicted octanol–water partition coefficient (Wildman–Crippen LogP) is 3.18. The molecular formula is C15H22FNO. The van der Waals surface area contributed by atoms with Crippen molar-refractivity contribution < 1.29 is 9.13 Å². The van der Waals surface area contributed by atoms with Gasteiger partial charge in [0, 0.05) is 6.04 Å². The van der Waals surface area contributed by atoms with Gasteiger partial charge in [-0.1, -0.05) is 18.9 Å². The third kappa shape index (κ3) is 3.30. The summed E-state index contributed by atoms with van der Waals surface area (Å²) in [5.41, 5.74) is 2.05. The van der Waals surface area contributed by atoms with E-state index in [1.54, 1.807) is 6.07 Å². The molecule has 1 saturated carbocycles. The highest BCUT2D eigenvalue weighted by Crippen LogP contribution is 2.22. The summed E-state index contributed by atoms with van der Waals surface area (Å²) >= 11 is 0. The zero-order valence-corrected chi connectivity index (χ0v) is 11.2. The van der Waals surface area contributed by atoms with Crippen LogP contribution in [0.2, 0.25) is 0 Å². The summed E-state index contributed by atoms with van der Waals surface area (Å²) in [7, 11) is 2.00. The number of likely N-dealkylation sites (N-methyl/N-ethyl adjacent to an activating group) is 1. The van der Waals surface area contributed by atoms with Gasteiger partial charge in [-0.2, -0.15) is 0 Å². The van der Waals surface area contributed by atoms with Crippen molar-refractivity contribution >= 4 is 0 Å². The third-order valence-electron chi connectivity index (χ3n) is 3.83. The molecule has 0 heterocycles. The number of ether oxygens (including phenoxy) is 1. The van der Waals surface area contributed by atoms with Gasteiger partial charge in [0.05, 0.1) is 12.7 Å². The summed E-state index contributed by atoms with van der Waals surface area (Å²) in [4.78, 5) is 0. The number of aryl methyl sites for hydroxylation is 1. The van der Waals surface area contributed by atoms with Gasteiger partial charge < -0.3 is 10.1 Å². The van der Waals surface area contributed by atoms with Gasteiger partial charge in [0.25, 0.3) is 0 Å². The number of rotatable bonds is 4. The molecule has 3 heteroatoms. The van der Waals surface area contributed by atoms with Crippen LogP contribution in [0.4, 0.5) is 4.39 Å². The van der Waals surface area contributed by atoms with Crippen LogP contribution in [0.1, 0.15) is 36.8 Å². The van der Waals surface area contributed by atoms with Crippen molar-refractivity contribution in [2.24, 2.45) is 0 Å². The van der Waals surface area contributed by atoms with Gasteiger partial charge in [-0.25, -0.2) is 4.39 Å². The Hall–Kier alpha value is -0.930. The zero-order chi connectivity index (χ0) is 13.0. The van der Waals surface area contributed by atoms with E-state index in [1.807, 2.05) is 20.0 Å². The Morgan fingerprint density at radius 2 is 2.11 bits per heavy atom. The second-order valence-corrected chi connectivity index (χ2v) is 5.10. The first-order chi connectivity index (χ1) is 8.70. The van der Waals surface area contributed by atoms with Gasteiger partial charge in [0.2, 0.25) is 0 Å². The largest absolute Gasteiger partial charge is 0.372 e. The quantitative estimate of drug-likeness (QED) is 0.887. The van der Waals surface area contributed by atoms with E-state index in [0.29, 0.717) is 12.6 Å². The number of benzene rings is 1. The Labute approximate surface area is 109 Å². The lowest BCUT2D eigenvalue weighted by Crippen LogP contribution is -2.41. The van der Waals surface area contributed by atoms with Crippen LogP contribution in [-0.4, -0.2) is 19.2 Å². The molecule has 18 heavy (non-hydrogen) atoms. The van der Waals surface area contributed by atoms with Crippen LogP contribution in [0.15, 0.2) is 18.2 Å². The van der Waals surface area contributed by atoms with Gasteiger partial charge in [0.1, 0.15) is 5.82 Å². The van der Waals surface area contributed by atoms with Gasteiger partial charge >= 0.3 is 0 Å². The molecule has 1 aliphatic carbocycles. The molecule has 0 amide bonds. The van der Waals surface area contributed by atoms with Crippen LogP contribution >= 0.6 is 0 Å². The Bertz CT molecular complexity index is 394. The maximum absolute atomic E-state index is 13.0. The lowest BCUT2D eigenvalue weighted by molar-refractivity contribution is -0.00382. The standard InChI is InChI=1S/C15H22FNO/c1-11-9-13(16)8-7-12(11)10-18-15-6-4-3-5-14(15)17-2/h7-9,14-15,17H,3-6,10H2,1-2H3. The summed E-state index contributed by atoms with van der Waals surface area (Å²) in [5.74, 6) is -0.179. The first kappa shape index (κ1) is 13.5. The first-order valence-electron chi connectivity index (χ1n) is 6.74. The number of halogens is 1. The Kier molecular flexibility index (Phi) is 4.72. The fourth-order valence-electron chi connectivity index (χ4n) is 2.64. The molecule has 0 radical (unpaired) electrons.